The quantitative estimate of drug-likeness (QED) is 0.908. The van der Waals surface area contributed by atoms with Crippen LogP contribution in [0.3, 0.4) is 0 Å². The third kappa shape index (κ3) is 3.26. The molecule has 1 amide bonds. The summed E-state index contributed by atoms with van der Waals surface area (Å²) in [6.45, 7) is 5.56. The summed E-state index contributed by atoms with van der Waals surface area (Å²) in [7, 11) is 0. The Kier molecular flexibility index (Phi) is 4.81. The monoisotopic (exact) mass is 347 g/mol. The van der Waals surface area contributed by atoms with Gasteiger partial charge in [0, 0.05) is 35.2 Å². The van der Waals surface area contributed by atoms with E-state index in [1.165, 1.54) is 0 Å². The second-order valence-corrected chi connectivity index (χ2v) is 7.01. The normalized spacial score (nSPS) is 15.9. The summed E-state index contributed by atoms with van der Waals surface area (Å²) < 4.78 is 5.20. The lowest BCUT2D eigenvalue weighted by Crippen LogP contribution is -2.38. The van der Waals surface area contributed by atoms with Gasteiger partial charge in [-0.1, -0.05) is 36.7 Å². The number of aromatic nitrogens is 1. The minimum atomic E-state index is 0.0275. The van der Waals surface area contributed by atoms with Crippen LogP contribution in [0.1, 0.15) is 60.1 Å². The summed E-state index contributed by atoms with van der Waals surface area (Å²) in [5, 5.41) is 4.76. The van der Waals surface area contributed by atoms with Crippen LogP contribution in [0, 0.1) is 0 Å². The van der Waals surface area contributed by atoms with Crippen molar-refractivity contribution in [3.63, 3.8) is 0 Å². The van der Waals surface area contributed by atoms with Gasteiger partial charge in [-0.2, -0.15) is 0 Å². The van der Waals surface area contributed by atoms with Crippen LogP contribution in [-0.2, 0) is 0 Å². The molecule has 5 nitrogen and oxygen atoms in total. The molecule has 0 unspecified atom stereocenters. The molecule has 0 atom stereocenters. The fraction of sp³-hybridized carbons (Fsp3) is 0.444. The maximum absolute atomic E-state index is 12.6. The first-order valence-electron chi connectivity index (χ1n) is 8.27. The van der Waals surface area contributed by atoms with E-state index in [1.54, 1.807) is 24.3 Å². The molecule has 0 saturated carbocycles. The molecule has 3 rings (SSSR count). The Balaban J connectivity index is 1.69. The van der Waals surface area contributed by atoms with E-state index in [0.29, 0.717) is 29.6 Å². The molecular formula is C18H22ClN3O2. The van der Waals surface area contributed by atoms with Crippen molar-refractivity contribution in [2.75, 3.05) is 18.8 Å². The van der Waals surface area contributed by atoms with Gasteiger partial charge in [-0.15, -0.1) is 0 Å². The zero-order chi connectivity index (χ0) is 17.3. The van der Waals surface area contributed by atoms with Gasteiger partial charge in [0.25, 0.3) is 5.91 Å². The summed E-state index contributed by atoms with van der Waals surface area (Å²) in [6, 6.07) is 7.09. The Morgan fingerprint density at radius 1 is 1.38 bits per heavy atom. The van der Waals surface area contributed by atoms with Gasteiger partial charge in [0.05, 0.1) is 5.69 Å². The second kappa shape index (κ2) is 6.85. The summed E-state index contributed by atoms with van der Waals surface area (Å²) >= 11 is 5.98. The Morgan fingerprint density at radius 2 is 2.08 bits per heavy atom. The van der Waals surface area contributed by atoms with Crippen molar-refractivity contribution in [2.24, 2.45) is 0 Å². The Bertz CT molecular complexity index is 734. The summed E-state index contributed by atoms with van der Waals surface area (Å²) in [5.41, 5.74) is 8.51. The lowest BCUT2D eigenvalue weighted by molar-refractivity contribution is 0.0711. The minimum absolute atomic E-state index is 0.0275. The second-order valence-electron chi connectivity index (χ2n) is 6.58. The van der Waals surface area contributed by atoms with E-state index in [4.69, 9.17) is 21.9 Å². The number of carbonyl (C=O) groups excluding carboxylic acids is 1. The highest BCUT2D eigenvalue weighted by Crippen LogP contribution is 2.36. The minimum Gasteiger partial charge on any atom is -0.367 e. The summed E-state index contributed by atoms with van der Waals surface area (Å²) in [5.74, 6) is 1.00. The van der Waals surface area contributed by atoms with Gasteiger partial charge in [0.2, 0.25) is 5.88 Å². The Labute approximate surface area is 146 Å². The molecule has 1 fully saturated rings. The molecule has 0 aliphatic carbocycles. The lowest BCUT2D eigenvalue weighted by atomic mass is 9.88. The predicted molar refractivity (Wildman–Crippen MR) is 94.3 cm³/mol. The van der Waals surface area contributed by atoms with E-state index in [-0.39, 0.29) is 17.7 Å². The van der Waals surface area contributed by atoms with Crippen LogP contribution in [-0.4, -0.2) is 29.1 Å². The van der Waals surface area contributed by atoms with Crippen LogP contribution >= 0.6 is 11.6 Å². The number of piperidine rings is 1. The number of carbonyl (C=O) groups is 1. The smallest absolute Gasteiger partial charge is 0.253 e. The first-order valence-corrected chi connectivity index (χ1v) is 8.65. The third-order valence-corrected chi connectivity index (χ3v) is 4.84. The number of nitrogens with two attached hydrogens (primary N) is 1. The fourth-order valence-corrected chi connectivity index (χ4v) is 3.55. The molecule has 0 radical (unpaired) electrons. The van der Waals surface area contributed by atoms with Gasteiger partial charge in [0.15, 0.2) is 0 Å². The van der Waals surface area contributed by atoms with Gasteiger partial charge in [0.1, 0.15) is 0 Å². The highest BCUT2D eigenvalue weighted by Gasteiger charge is 2.30. The molecular weight excluding hydrogens is 326 g/mol. The number of hydrogen-bond donors (Lipinski definition) is 1. The molecule has 1 aromatic carbocycles. The highest BCUT2D eigenvalue weighted by atomic mass is 35.5. The Morgan fingerprint density at radius 3 is 2.71 bits per heavy atom. The van der Waals surface area contributed by atoms with Crippen molar-refractivity contribution >= 4 is 23.4 Å². The predicted octanol–water partition coefficient (Wildman–Crippen LogP) is 4.05. The fourth-order valence-electron chi connectivity index (χ4n) is 3.36. The van der Waals surface area contributed by atoms with Crippen LogP contribution in [0.25, 0.3) is 0 Å². The van der Waals surface area contributed by atoms with Crippen LogP contribution in [0.4, 0.5) is 5.88 Å². The maximum Gasteiger partial charge on any atom is 0.253 e. The highest BCUT2D eigenvalue weighted by molar-refractivity contribution is 6.30. The van der Waals surface area contributed by atoms with Gasteiger partial charge >= 0.3 is 0 Å². The topological polar surface area (TPSA) is 72.4 Å². The average molecular weight is 348 g/mol. The van der Waals surface area contributed by atoms with Crippen LogP contribution in [0.2, 0.25) is 5.02 Å². The number of hydrogen-bond acceptors (Lipinski definition) is 4. The molecule has 0 bridgehead atoms. The molecule has 1 aromatic heterocycles. The third-order valence-electron chi connectivity index (χ3n) is 4.60. The van der Waals surface area contributed by atoms with Gasteiger partial charge in [-0.3, -0.25) is 4.79 Å². The number of halogens is 1. The first kappa shape index (κ1) is 16.8. The average Bonchev–Trinajstić information content (AvgIpc) is 2.96. The van der Waals surface area contributed by atoms with Crippen LogP contribution in [0.15, 0.2) is 28.8 Å². The van der Waals surface area contributed by atoms with E-state index in [2.05, 4.69) is 19.0 Å². The summed E-state index contributed by atoms with van der Waals surface area (Å²) in [4.78, 5) is 14.5. The molecule has 2 aromatic rings. The molecule has 1 aliphatic heterocycles. The van der Waals surface area contributed by atoms with Crippen molar-refractivity contribution in [3.05, 3.63) is 46.1 Å². The molecule has 1 saturated heterocycles. The largest absolute Gasteiger partial charge is 0.367 e. The number of likely N-dealkylation sites (tertiary alicyclic amines) is 1. The zero-order valence-corrected chi connectivity index (χ0v) is 14.7. The van der Waals surface area contributed by atoms with Crippen LogP contribution < -0.4 is 5.73 Å². The number of benzene rings is 1. The molecule has 1 aliphatic rings. The Hall–Kier alpha value is -2.01. The summed E-state index contributed by atoms with van der Waals surface area (Å²) in [6.07, 6.45) is 1.72. The van der Waals surface area contributed by atoms with E-state index >= 15 is 0 Å². The van der Waals surface area contributed by atoms with Gasteiger partial charge in [-0.25, -0.2) is 0 Å². The van der Waals surface area contributed by atoms with Crippen molar-refractivity contribution in [1.82, 2.24) is 10.1 Å². The molecule has 128 valence electrons. The standard InChI is InChI=1S/C18H22ClN3O2/c1-11(2)15-16(21-24-17(15)20)12-6-8-22(9-7-12)18(23)13-4-3-5-14(19)10-13/h3-5,10-12H,6-9,20H2,1-2H3. The SMILES string of the molecule is CC(C)c1c(C2CCN(C(=O)c3cccc(Cl)c3)CC2)noc1N. The maximum atomic E-state index is 12.6. The van der Waals surface area contributed by atoms with E-state index in [1.807, 2.05) is 4.90 Å². The number of nitrogens with zero attached hydrogens (tertiary/aromatic N) is 2. The van der Waals surface area contributed by atoms with Crippen LogP contribution in [0.5, 0.6) is 0 Å². The van der Waals surface area contributed by atoms with Crippen molar-refractivity contribution in [1.29, 1.82) is 0 Å². The number of nitrogen functional groups attached to an aromatic ring is 1. The molecule has 2 N–H and O–H groups in total. The van der Waals surface area contributed by atoms with Crippen molar-refractivity contribution in [3.8, 4) is 0 Å². The van der Waals surface area contributed by atoms with Gasteiger partial charge < -0.3 is 15.2 Å². The molecule has 24 heavy (non-hydrogen) atoms. The van der Waals surface area contributed by atoms with E-state index in [9.17, 15) is 4.79 Å². The number of rotatable bonds is 3. The molecule has 6 heteroatoms. The number of anilines is 1. The molecule has 2 heterocycles. The zero-order valence-electron chi connectivity index (χ0n) is 14.0. The lowest BCUT2D eigenvalue weighted by Gasteiger charge is -2.31. The van der Waals surface area contributed by atoms with Gasteiger partial charge in [-0.05, 0) is 37.0 Å². The molecule has 0 spiro atoms. The number of amides is 1. The van der Waals surface area contributed by atoms with E-state index < -0.39 is 0 Å². The van der Waals surface area contributed by atoms with Crippen molar-refractivity contribution in [2.45, 2.75) is 38.5 Å². The first-order chi connectivity index (χ1) is 11.5. The van der Waals surface area contributed by atoms with Crippen molar-refractivity contribution < 1.29 is 9.32 Å². The van der Waals surface area contributed by atoms with E-state index in [0.717, 1.165) is 24.1 Å².